The number of aliphatic carboxylic acids is 2. The number of likely N-dealkylation sites (tertiary alicyclic amines) is 1. The van der Waals surface area contributed by atoms with E-state index in [9.17, 15) is 39.0 Å². The first-order valence-corrected chi connectivity index (χ1v) is 12.0. The number of benzene rings is 1. The fourth-order valence-corrected chi connectivity index (χ4v) is 3.96. The van der Waals surface area contributed by atoms with E-state index in [-0.39, 0.29) is 19.4 Å². The minimum atomic E-state index is -1.56. The van der Waals surface area contributed by atoms with Crippen LogP contribution in [0.15, 0.2) is 30.3 Å². The lowest BCUT2D eigenvalue weighted by atomic mass is 10.0. The molecule has 4 amide bonds. The molecular weight excluding hydrogens is 502 g/mol. The van der Waals surface area contributed by atoms with Gasteiger partial charge in [-0.25, -0.2) is 4.79 Å². The number of aliphatic hydroxyl groups is 1. The number of nitrogens with zero attached hydrogens (tertiary/aromatic N) is 1. The molecule has 14 nitrogen and oxygen atoms in total. The van der Waals surface area contributed by atoms with E-state index < -0.39 is 78.8 Å². The van der Waals surface area contributed by atoms with E-state index in [1.54, 1.807) is 30.3 Å². The van der Waals surface area contributed by atoms with Crippen LogP contribution in [0.1, 0.15) is 31.7 Å². The number of hydrogen-bond donors (Lipinski definition) is 7. The molecule has 1 saturated heterocycles. The van der Waals surface area contributed by atoms with Crippen LogP contribution in [-0.4, -0.2) is 99.1 Å². The largest absolute Gasteiger partial charge is 0.481 e. The Balaban J connectivity index is 2.11. The highest BCUT2D eigenvalue weighted by atomic mass is 16.4. The normalized spacial score (nSPS) is 18.0. The average Bonchev–Trinajstić information content (AvgIpc) is 3.37. The Morgan fingerprint density at radius 2 is 1.66 bits per heavy atom. The molecule has 0 aliphatic carbocycles. The van der Waals surface area contributed by atoms with Gasteiger partial charge in [0.2, 0.25) is 23.6 Å². The van der Waals surface area contributed by atoms with Gasteiger partial charge < -0.3 is 41.9 Å². The molecule has 1 aliphatic rings. The SMILES string of the molecule is C[C@H](NC(=O)[C@@H](N)CO)C(=O)N[C@@H](CC(=O)O)C(=O)N1CCC[C@H]1C(=O)N[C@@H](Cc1ccccc1)C(=O)O. The zero-order chi connectivity index (χ0) is 28.4. The highest BCUT2D eigenvalue weighted by molar-refractivity contribution is 5.97. The molecule has 38 heavy (non-hydrogen) atoms. The van der Waals surface area contributed by atoms with Crippen LogP contribution in [0.4, 0.5) is 0 Å². The number of amides is 4. The van der Waals surface area contributed by atoms with Crippen LogP contribution in [0.5, 0.6) is 0 Å². The number of nitrogens with one attached hydrogen (secondary N) is 3. The second-order valence-corrected chi connectivity index (χ2v) is 8.96. The molecule has 1 heterocycles. The smallest absolute Gasteiger partial charge is 0.326 e. The van der Waals surface area contributed by atoms with E-state index in [1.165, 1.54) is 6.92 Å². The van der Waals surface area contributed by atoms with Crippen LogP contribution in [-0.2, 0) is 35.2 Å². The predicted octanol–water partition coefficient (Wildman–Crippen LogP) is -2.43. The lowest BCUT2D eigenvalue weighted by Gasteiger charge is -2.29. The summed E-state index contributed by atoms with van der Waals surface area (Å²) < 4.78 is 0. The molecule has 0 unspecified atom stereocenters. The fourth-order valence-electron chi connectivity index (χ4n) is 3.96. The molecule has 2 rings (SSSR count). The van der Waals surface area contributed by atoms with Crippen molar-refractivity contribution < 1.29 is 44.1 Å². The van der Waals surface area contributed by atoms with E-state index in [2.05, 4.69) is 16.0 Å². The van der Waals surface area contributed by atoms with E-state index in [1.807, 2.05) is 0 Å². The van der Waals surface area contributed by atoms with Crippen LogP contribution in [0.25, 0.3) is 0 Å². The van der Waals surface area contributed by atoms with Crippen molar-refractivity contribution in [2.24, 2.45) is 5.73 Å². The molecule has 0 aromatic heterocycles. The predicted molar refractivity (Wildman–Crippen MR) is 131 cm³/mol. The van der Waals surface area contributed by atoms with E-state index in [0.717, 1.165) is 4.90 Å². The summed E-state index contributed by atoms with van der Waals surface area (Å²) in [7, 11) is 0. The Hall–Kier alpha value is -4.04. The number of carbonyl (C=O) groups excluding carboxylic acids is 4. The van der Waals surface area contributed by atoms with Crippen molar-refractivity contribution in [3.05, 3.63) is 35.9 Å². The first kappa shape index (κ1) is 30.2. The number of carboxylic acids is 2. The van der Waals surface area contributed by atoms with Crippen molar-refractivity contribution in [1.82, 2.24) is 20.9 Å². The quantitative estimate of drug-likeness (QED) is 0.141. The number of carbonyl (C=O) groups is 6. The molecule has 5 atom stereocenters. The summed E-state index contributed by atoms with van der Waals surface area (Å²) in [6, 6.07) is 2.30. The topological polar surface area (TPSA) is 228 Å². The first-order chi connectivity index (χ1) is 17.9. The summed E-state index contributed by atoms with van der Waals surface area (Å²) in [6.07, 6.45) is -0.157. The van der Waals surface area contributed by atoms with Gasteiger partial charge in [-0.05, 0) is 25.3 Å². The van der Waals surface area contributed by atoms with Gasteiger partial charge in [-0.15, -0.1) is 0 Å². The van der Waals surface area contributed by atoms with Gasteiger partial charge in [-0.1, -0.05) is 30.3 Å². The third kappa shape index (κ3) is 8.52. The lowest BCUT2D eigenvalue weighted by molar-refractivity contribution is -0.147. The summed E-state index contributed by atoms with van der Waals surface area (Å²) in [5, 5.41) is 34.8. The van der Waals surface area contributed by atoms with Gasteiger partial charge >= 0.3 is 11.9 Å². The Bertz CT molecular complexity index is 1040. The summed E-state index contributed by atoms with van der Waals surface area (Å²) in [6.45, 7) is 0.717. The highest BCUT2D eigenvalue weighted by Crippen LogP contribution is 2.20. The van der Waals surface area contributed by atoms with E-state index >= 15 is 0 Å². The van der Waals surface area contributed by atoms with Crippen molar-refractivity contribution in [2.45, 2.75) is 62.8 Å². The van der Waals surface area contributed by atoms with Gasteiger partial charge in [-0.2, -0.15) is 0 Å². The molecule has 8 N–H and O–H groups in total. The zero-order valence-electron chi connectivity index (χ0n) is 20.8. The van der Waals surface area contributed by atoms with Gasteiger partial charge in [0.05, 0.1) is 13.0 Å². The number of rotatable bonds is 13. The van der Waals surface area contributed by atoms with Crippen molar-refractivity contribution >= 4 is 35.6 Å². The van der Waals surface area contributed by atoms with E-state index in [0.29, 0.717) is 12.0 Å². The molecule has 0 saturated carbocycles. The maximum atomic E-state index is 13.3. The molecule has 1 aromatic carbocycles. The number of hydrogen-bond acceptors (Lipinski definition) is 8. The first-order valence-electron chi connectivity index (χ1n) is 12.0. The molecule has 0 spiro atoms. The Morgan fingerprint density at radius 3 is 2.24 bits per heavy atom. The Kier molecular flexibility index (Phi) is 11.2. The molecule has 1 fully saturated rings. The monoisotopic (exact) mass is 535 g/mol. The van der Waals surface area contributed by atoms with Crippen LogP contribution in [0.2, 0.25) is 0 Å². The van der Waals surface area contributed by atoms with Gasteiger partial charge in [0.25, 0.3) is 0 Å². The second-order valence-electron chi connectivity index (χ2n) is 8.96. The summed E-state index contributed by atoms with van der Waals surface area (Å²) in [5.74, 6) is -5.90. The Morgan fingerprint density at radius 1 is 1.00 bits per heavy atom. The van der Waals surface area contributed by atoms with Crippen LogP contribution >= 0.6 is 0 Å². The van der Waals surface area contributed by atoms with Crippen molar-refractivity contribution in [2.75, 3.05) is 13.2 Å². The fraction of sp³-hybridized carbons (Fsp3) is 0.500. The summed E-state index contributed by atoms with van der Waals surface area (Å²) >= 11 is 0. The van der Waals surface area contributed by atoms with Crippen LogP contribution in [0.3, 0.4) is 0 Å². The molecular formula is C24H33N5O9. The standard InChI is InChI=1S/C24H33N5O9/c1-13(26-21(34)15(25)12-30)20(33)27-16(11-19(31)32)23(36)29-9-5-8-18(29)22(35)28-17(24(37)38)10-14-6-3-2-4-7-14/h2-4,6-7,13,15-18,30H,5,8-12,25H2,1H3,(H,26,34)(H,27,33)(H,28,35)(H,31,32)(H,37,38)/t13-,15-,16-,17-,18-/m0/s1. The number of aliphatic hydroxyl groups excluding tert-OH is 1. The van der Waals surface area contributed by atoms with Crippen molar-refractivity contribution in [1.29, 1.82) is 0 Å². The van der Waals surface area contributed by atoms with Crippen LogP contribution < -0.4 is 21.7 Å². The number of nitrogens with two attached hydrogens (primary N) is 1. The summed E-state index contributed by atoms with van der Waals surface area (Å²) in [5.41, 5.74) is 6.08. The molecule has 208 valence electrons. The number of carboxylic acid groups (broad SMARTS) is 2. The lowest BCUT2D eigenvalue weighted by Crippen LogP contribution is -2.58. The average molecular weight is 536 g/mol. The van der Waals surface area contributed by atoms with Crippen molar-refractivity contribution in [3.8, 4) is 0 Å². The zero-order valence-corrected chi connectivity index (χ0v) is 20.8. The minimum absolute atomic E-state index is 0.0177. The maximum Gasteiger partial charge on any atom is 0.326 e. The Labute approximate surface area is 218 Å². The minimum Gasteiger partial charge on any atom is -0.481 e. The molecule has 1 aromatic rings. The highest BCUT2D eigenvalue weighted by Gasteiger charge is 2.40. The van der Waals surface area contributed by atoms with Gasteiger partial charge in [-0.3, -0.25) is 24.0 Å². The van der Waals surface area contributed by atoms with Gasteiger partial charge in [0.15, 0.2) is 0 Å². The molecule has 0 radical (unpaired) electrons. The van der Waals surface area contributed by atoms with Crippen LogP contribution in [0, 0.1) is 0 Å². The molecule has 1 aliphatic heterocycles. The van der Waals surface area contributed by atoms with Crippen molar-refractivity contribution in [3.63, 3.8) is 0 Å². The maximum absolute atomic E-state index is 13.3. The van der Waals surface area contributed by atoms with E-state index in [4.69, 9.17) is 10.8 Å². The third-order valence-corrected chi connectivity index (χ3v) is 6.01. The summed E-state index contributed by atoms with van der Waals surface area (Å²) in [4.78, 5) is 75.0. The van der Waals surface area contributed by atoms with Gasteiger partial charge in [0.1, 0.15) is 30.2 Å². The molecule has 0 bridgehead atoms. The van der Waals surface area contributed by atoms with Gasteiger partial charge in [0, 0.05) is 13.0 Å². The second kappa shape index (κ2) is 14.0. The third-order valence-electron chi connectivity index (χ3n) is 6.01. The molecule has 14 heteroatoms.